The van der Waals surface area contributed by atoms with E-state index in [0.29, 0.717) is 67.6 Å². The Morgan fingerprint density at radius 3 is 2.49 bits per heavy atom. The zero-order valence-electron chi connectivity index (χ0n) is 26.2. The van der Waals surface area contributed by atoms with Crippen LogP contribution in [0.2, 0.25) is 0 Å². The maximum atomic E-state index is 13.8. The van der Waals surface area contributed by atoms with E-state index in [-0.39, 0.29) is 40.7 Å². The normalized spacial score (nSPS) is 16.9. The van der Waals surface area contributed by atoms with Gasteiger partial charge in [0.25, 0.3) is 0 Å². The summed E-state index contributed by atoms with van der Waals surface area (Å²) in [5.41, 5.74) is 1.25. The van der Waals surface area contributed by atoms with Crippen LogP contribution in [-0.2, 0) is 15.7 Å². The van der Waals surface area contributed by atoms with Crippen molar-refractivity contribution < 1.29 is 32.5 Å². The van der Waals surface area contributed by atoms with Crippen LogP contribution in [0.15, 0.2) is 30.6 Å². The van der Waals surface area contributed by atoms with E-state index in [1.165, 1.54) is 6.07 Å². The summed E-state index contributed by atoms with van der Waals surface area (Å²) in [4.78, 5) is 38.7. The van der Waals surface area contributed by atoms with E-state index in [1.54, 1.807) is 32.5 Å². The van der Waals surface area contributed by atoms with Crippen molar-refractivity contribution in [2.45, 2.75) is 51.6 Å². The quantitative estimate of drug-likeness (QED) is 0.180. The van der Waals surface area contributed by atoms with Gasteiger partial charge >= 0.3 is 12.1 Å². The Kier molecular flexibility index (Phi) is 9.17. The van der Waals surface area contributed by atoms with Crippen molar-refractivity contribution in [1.29, 1.82) is 0 Å². The molecule has 1 aliphatic carbocycles. The van der Waals surface area contributed by atoms with E-state index >= 15 is 0 Å². The van der Waals surface area contributed by atoms with Crippen LogP contribution in [-0.4, -0.2) is 80.9 Å². The van der Waals surface area contributed by atoms with E-state index in [4.69, 9.17) is 9.47 Å². The van der Waals surface area contributed by atoms with Crippen molar-refractivity contribution in [2.75, 3.05) is 50.2 Å². The SMILES string of the molecule is CCOc1cc(-c2cc(NCC3(COC)CCCC3)c3[nH]c(-c4cnc(N5CCC(C(=O)O)CC5)cn4)nc3n2)cc(C(F)(F)F)n1. The summed E-state index contributed by atoms with van der Waals surface area (Å²) in [5, 5.41) is 12.8. The first-order valence-corrected chi connectivity index (χ1v) is 15.7. The summed E-state index contributed by atoms with van der Waals surface area (Å²) >= 11 is 0. The minimum Gasteiger partial charge on any atom is -0.481 e. The number of hydrogen-bond acceptors (Lipinski definition) is 10. The molecule has 0 aromatic carbocycles. The van der Waals surface area contributed by atoms with Crippen LogP contribution < -0.4 is 15.0 Å². The van der Waals surface area contributed by atoms with Gasteiger partial charge in [0.1, 0.15) is 22.7 Å². The number of anilines is 2. The molecule has 1 saturated carbocycles. The van der Waals surface area contributed by atoms with Gasteiger partial charge in [0.15, 0.2) is 11.5 Å². The number of nitrogens with one attached hydrogen (secondary N) is 2. The maximum Gasteiger partial charge on any atom is 0.433 e. The van der Waals surface area contributed by atoms with Gasteiger partial charge in [-0.05, 0) is 44.7 Å². The zero-order valence-corrected chi connectivity index (χ0v) is 26.2. The largest absolute Gasteiger partial charge is 0.481 e. The number of aromatic amines is 1. The molecule has 5 heterocycles. The number of piperidine rings is 1. The smallest absolute Gasteiger partial charge is 0.433 e. The van der Waals surface area contributed by atoms with E-state index in [0.717, 1.165) is 31.7 Å². The van der Waals surface area contributed by atoms with Gasteiger partial charge in [0.2, 0.25) is 5.88 Å². The number of nitrogens with zero attached hydrogens (tertiary/aromatic N) is 6. The molecule has 0 radical (unpaired) electrons. The monoisotopic (exact) mass is 654 g/mol. The summed E-state index contributed by atoms with van der Waals surface area (Å²) in [6.45, 7) is 4.14. The van der Waals surface area contributed by atoms with Gasteiger partial charge in [-0.3, -0.25) is 4.79 Å². The van der Waals surface area contributed by atoms with Crippen molar-refractivity contribution >= 4 is 28.6 Å². The number of alkyl halides is 3. The first kappa shape index (κ1) is 32.4. The number of imidazole rings is 1. The van der Waals surface area contributed by atoms with Gasteiger partial charge in [0, 0.05) is 43.8 Å². The lowest BCUT2D eigenvalue weighted by Gasteiger charge is -2.30. The number of ether oxygens (including phenoxy) is 2. The molecule has 4 aromatic rings. The maximum absolute atomic E-state index is 13.8. The third kappa shape index (κ3) is 7.09. The Labute approximate surface area is 269 Å². The average Bonchev–Trinajstić information content (AvgIpc) is 3.71. The fraction of sp³-hybridized carbons (Fsp3) is 0.500. The Balaban J connectivity index is 1.36. The summed E-state index contributed by atoms with van der Waals surface area (Å²) < 4.78 is 52.4. The first-order valence-electron chi connectivity index (χ1n) is 15.7. The standard InChI is InChI=1S/C32H37F3N8O4/c1-3-47-26-13-20(12-24(40-26)32(33,34)35)21-14-22(38-17-31(18-46-2)8-4-5-9-31)27-29(39-21)42-28(41-27)23-15-37-25(16-36-23)43-10-6-19(7-11-43)30(44)45/h12-16,19H,3-11,17-18H2,1-2H3,(H,44,45)(H2,38,39,41,42). The second-order valence-electron chi connectivity index (χ2n) is 12.2. The number of rotatable bonds is 11. The Morgan fingerprint density at radius 2 is 1.85 bits per heavy atom. The lowest BCUT2D eigenvalue weighted by atomic mass is 9.87. The van der Waals surface area contributed by atoms with Crippen molar-refractivity contribution in [3.8, 4) is 28.7 Å². The number of carbonyl (C=O) groups is 1. The summed E-state index contributed by atoms with van der Waals surface area (Å²) in [7, 11) is 1.69. The fourth-order valence-corrected chi connectivity index (χ4v) is 6.47. The van der Waals surface area contributed by atoms with Crippen LogP contribution in [0.4, 0.5) is 24.7 Å². The van der Waals surface area contributed by atoms with E-state index in [2.05, 4.69) is 35.2 Å². The summed E-state index contributed by atoms with van der Waals surface area (Å²) in [6, 6.07) is 4.11. The third-order valence-corrected chi connectivity index (χ3v) is 8.96. The van der Waals surface area contributed by atoms with Gasteiger partial charge in [0.05, 0.1) is 42.9 Å². The molecule has 2 fully saturated rings. The highest BCUT2D eigenvalue weighted by atomic mass is 19.4. The first-order chi connectivity index (χ1) is 22.6. The van der Waals surface area contributed by atoms with Crippen molar-refractivity contribution in [3.63, 3.8) is 0 Å². The van der Waals surface area contributed by atoms with Gasteiger partial charge in [-0.15, -0.1) is 0 Å². The Morgan fingerprint density at radius 1 is 1.09 bits per heavy atom. The second-order valence-corrected chi connectivity index (χ2v) is 12.2. The molecule has 3 N–H and O–H groups in total. The van der Waals surface area contributed by atoms with E-state index in [9.17, 15) is 23.1 Å². The average molecular weight is 655 g/mol. The summed E-state index contributed by atoms with van der Waals surface area (Å²) in [6.07, 6.45) is 3.78. The molecule has 0 spiro atoms. The number of halogens is 3. The molecule has 1 aliphatic heterocycles. The van der Waals surface area contributed by atoms with Crippen molar-refractivity contribution in [3.05, 3.63) is 36.3 Å². The minimum absolute atomic E-state index is 0.0736. The van der Waals surface area contributed by atoms with Crippen LogP contribution >= 0.6 is 0 Å². The van der Waals surface area contributed by atoms with Gasteiger partial charge in [-0.2, -0.15) is 13.2 Å². The fourth-order valence-electron chi connectivity index (χ4n) is 6.47. The molecular weight excluding hydrogens is 617 g/mol. The third-order valence-electron chi connectivity index (χ3n) is 8.96. The van der Waals surface area contributed by atoms with Gasteiger partial charge < -0.3 is 29.8 Å². The molecule has 47 heavy (non-hydrogen) atoms. The van der Waals surface area contributed by atoms with Gasteiger partial charge in [-0.1, -0.05) is 12.8 Å². The number of hydrogen-bond donors (Lipinski definition) is 3. The van der Waals surface area contributed by atoms with Crippen LogP contribution in [0, 0.1) is 11.3 Å². The lowest BCUT2D eigenvalue weighted by Crippen LogP contribution is -2.36. The molecule has 0 atom stereocenters. The van der Waals surface area contributed by atoms with Crippen LogP contribution in [0.25, 0.3) is 33.9 Å². The molecule has 4 aromatic heterocycles. The number of pyridine rings is 2. The van der Waals surface area contributed by atoms with E-state index < -0.39 is 17.8 Å². The summed E-state index contributed by atoms with van der Waals surface area (Å²) in [5.74, 6) is -0.253. The minimum atomic E-state index is -4.68. The number of methoxy groups -OCH3 is 1. The molecule has 0 bridgehead atoms. The topological polar surface area (TPSA) is 151 Å². The second kappa shape index (κ2) is 13.3. The number of H-pyrrole nitrogens is 1. The van der Waals surface area contributed by atoms with Crippen molar-refractivity contribution in [2.24, 2.45) is 11.3 Å². The molecule has 6 rings (SSSR count). The highest BCUT2D eigenvalue weighted by Crippen LogP contribution is 2.40. The Bertz CT molecular complexity index is 1720. The molecule has 1 saturated heterocycles. The number of aromatic nitrogens is 6. The lowest BCUT2D eigenvalue weighted by molar-refractivity contribution is -0.142. The van der Waals surface area contributed by atoms with Crippen LogP contribution in [0.5, 0.6) is 5.88 Å². The molecule has 12 nitrogen and oxygen atoms in total. The van der Waals surface area contributed by atoms with E-state index in [1.807, 2.05) is 4.90 Å². The number of aliphatic carboxylic acids is 1. The molecule has 250 valence electrons. The molecule has 15 heteroatoms. The highest BCUT2D eigenvalue weighted by molar-refractivity contribution is 5.90. The molecule has 2 aliphatic rings. The zero-order chi connectivity index (χ0) is 33.2. The number of carboxylic acids is 1. The Hall–Kier alpha value is -4.53. The van der Waals surface area contributed by atoms with Crippen molar-refractivity contribution in [1.82, 2.24) is 29.9 Å². The molecule has 0 unspecified atom stereocenters. The number of carboxylic acid groups (broad SMARTS) is 1. The molecular formula is C32H37F3N8O4. The predicted molar refractivity (Wildman–Crippen MR) is 168 cm³/mol. The van der Waals surface area contributed by atoms with Gasteiger partial charge in [-0.25, -0.2) is 24.9 Å². The van der Waals surface area contributed by atoms with Crippen LogP contribution in [0.1, 0.15) is 51.1 Å². The van der Waals surface area contributed by atoms with Crippen LogP contribution in [0.3, 0.4) is 0 Å². The molecule has 0 amide bonds. The highest BCUT2D eigenvalue weighted by Gasteiger charge is 2.35. The predicted octanol–water partition coefficient (Wildman–Crippen LogP) is 5.81. The number of fused-ring (bicyclic) bond motifs is 1.